The lowest BCUT2D eigenvalue weighted by Crippen LogP contribution is -2.20. The molecule has 0 heterocycles. The van der Waals surface area contributed by atoms with Crippen LogP contribution in [0.2, 0.25) is 0 Å². The third-order valence-corrected chi connectivity index (χ3v) is 3.45. The average molecular weight is 276 g/mol. The summed E-state index contributed by atoms with van der Waals surface area (Å²) < 4.78 is 58.1. The van der Waals surface area contributed by atoms with Crippen molar-refractivity contribution in [2.75, 3.05) is 11.5 Å². The van der Waals surface area contributed by atoms with Crippen molar-refractivity contribution in [2.45, 2.75) is 31.8 Å². The molecular formula is C7H16O7S2. The summed E-state index contributed by atoms with van der Waals surface area (Å²) in [6.07, 6.45) is 0.123. The van der Waals surface area contributed by atoms with Gasteiger partial charge in [0.25, 0.3) is 20.2 Å². The molecule has 0 aliphatic rings. The van der Waals surface area contributed by atoms with Crippen LogP contribution in [0.3, 0.4) is 0 Å². The first-order valence-electron chi connectivity index (χ1n) is 4.68. The Kier molecular flexibility index (Phi) is 6.41. The van der Waals surface area contributed by atoms with Crippen LogP contribution in [0, 0.1) is 0 Å². The summed E-state index contributed by atoms with van der Waals surface area (Å²) in [5.74, 6) is -1.06. The number of aliphatic hydroxyl groups is 1. The smallest absolute Gasteiger partial charge is 0.267 e. The molecule has 0 saturated heterocycles. The van der Waals surface area contributed by atoms with E-state index < -0.39 is 32.1 Å². The molecule has 0 aliphatic heterocycles. The fourth-order valence-corrected chi connectivity index (χ4v) is 2.39. The summed E-state index contributed by atoms with van der Waals surface area (Å²) >= 11 is 0. The summed E-state index contributed by atoms with van der Waals surface area (Å²) in [7, 11) is -8.13. The highest BCUT2D eigenvalue weighted by molar-refractivity contribution is 7.86. The molecule has 0 saturated carbocycles. The fourth-order valence-electron chi connectivity index (χ4n) is 1.17. The van der Waals surface area contributed by atoms with Crippen LogP contribution in [-0.4, -0.2) is 48.7 Å². The Morgan fingerprint density at radius 3 is 1.88 bits per heavy atom. The van der Waals surface area contributed by atoms with Crippen molar-refractivity contribution in [1.82, 2.24) is 0 Å². The highest BCUT2D eigenvalue weighted by atomic mass is 32.2. The molecule has 0 amide bonds. The number of unbranched alkanes of at least 4 members (excludes halogenated alkanes) is 2. The Labute approximate surface area is 95.0 Å². The third kappa shape index (κ3) is 11.9. The van der Waals surface area contributed by atoms with Gasteiger partial charge in [0.1, 0.15) is 5.75 Å². The van der Waals surface area contributed by atoms with Gasteiger partial charge in [0, 0.05) is 0 Å². The van der Waals surface area contributed by atoms with E-state index >= 15 is 0 Å². The van der Waals surface area contributed by atoms with Crippen molar-refractivity contribution in [3.05, 3.63) is 0 Å². The molecule has 3 N–H and O–H groups in total. The minimum absolute atomic E-state index is 0.158. The maximum absolute atomic E-state index is 10.3. The summed E-state index contributed by atoms with van der Waals surface area (Å²) in [5, 5.41) is 9.14. The van der Waals surface area contributed by atoms with Crippen molar-refractivity contribution in [3.8, 4) is 0 Å². The van der Waals surface area contributed by atoms with Gasteiger partial charge in [0.2, 0.25) is 0 Å². The quantitative estimate of drug-likeness (QED) is 0.409. The van der Waals surface area contributed by atoms with E-state index in [0.29, 0.717) is 12.8 Å². The lowest BCUT2D eigenvalue weighted by Gasteiger charge is -2.07. The molecule has 98 valence electrons. The van der Waals surface area contributed by atoms with Crippen LogP contribution in [-0.2, 0) is 20.2 Å². The lowest BCUT2D eigenvalue weighted by molar-refractivity contribution is 0.180. The van der Waals surface area contributed by atoms with Crippen LogP contribution in [0.5, 0.6) is 0 Å². The summed E-state index contributed by atoms with van der Waals surface area (Å²) in [6.45, 7) is 0. The van der Waals surface area contributed by atoms with Crippen LogP contribution < -0.4 is 0 Å². The zero-order valence-corrected chi connectivity index (χ0v) is 10.2. The molecule has 1 atom stereocenters. The van der Waals surface area contributed by atoms with Crippen molar-refractivity contribution in [3.63, 3.8) is 0 Å². The number of hydrogen-bond acceptors (Lipinski definition) is 5. The predicted molar refractivity (Wildman–Crippen MR) is 57.3 cm³/mol. The van der Waals surface area contributed by atoms with E-state index in [1.165, 1.54) is 0 Å². The summed E-state index contributed by atoms with van der Waals surface area (Å²) in [6, 6.07) is 0. The van der Waals surface area contributed by atoms with Gasteiger partial charge < -0.3 is 5.11 Å². The molecule has 0 aromatic heterocycles. The number of aliphatic hydroxyl groups excluding tert-OH is 1. The van der Waals surface area contributed by atoms with Crippen LogP contribution in [0.4, 0.5) is 0 Å². The lowest BCUT2D eigenvalue weighted by atomic mass is 10.1. The van der Waals surface area contributed by atoms with E-state index in [1.54, 1.807) is 0 Å². The molecule has 7 nitrogen and oxygen atoms in total. The van der Waals surface area contributed by atoms with Crippen molar-refractivity contribution >= 4 is 20.2 Å². The SMILES string of the molecule is O=S(=O)(O)CCCCCC(O)CS(=O)(=O)O. The minimum atomic E-state index is -4.18. The van der Waals surface area contributed by atoms with Crippen molar-refractivity contribution < 1.29 is 31.0 Å². The second kappa shape index (κ2) is 6.50. The van der Waals surface area contributed by atoms with Gasteiger partial charge in [-0.3, -0.25) is 9.11 Å². The second-order valence-corrected chi connectivity index (χ2v) is 6.61. The molecule has 0 aromatic carbocycles. The van der Waals surface area contributed by atoms with Crippen LogP contribution in [0.25, 0.3) is 0 Å². The van der Waals surface area contributed by atoms with E-state index in [9.17, 15) is 16.8 Å². The average Bonchev–Trinajstić information content (AvgIpc) is 1.97. The van der Waals surface area contributed by atoms with Crippen LogP contribution in [0.1, 0.15) is 25.7 Å². The Bertz CT molecular complexity index is 383. The van der Waals surface area contributed by atoms with Gasteiger partial charge in [-0.2, -0.15) is 16.8 Å². The Morgan fingerprint density at radius 1 is 0.875 bits per heavy atom. The summed E-state index contributed by atoms with van der Waals surface area (Å²) in [5.41, 5.74) is 0. The largest absolute Gasteiger partial charge is 0.392 e. The van der Waals surface area contributed by atoms with E-state index in [1.807, 2.05) is 0 Å². The molecule has 9 heteroatoms. The van der Waals surface area contributed by atoms with Gasteiger partial charge in [-0.25, -0.2) is 0 Å². The molecular weight excluding hydrogens is 260 g/mol. The minimum Gasteiger partial charge on any atom is -0.392 e. The topological polar surface area (TPSA) is 129 Å². The Hall–Kier alpha value is -0.220. The maximum Gasteiger partial charge on any atom is 0.267 e. The number of hydrogen-bond donors (Lipinski definition) is 3. The second-order valence-electron chi connectivity index (χ2n) is 3.54. The molecule has 0 fully saturated rings. The molecule has 0 bridgehead atoms. The first-order valence-corrected chi connectivity index (χ1v) is 7.90. The fraction of sp³-hybridized carbons (Fsp3) is 1.00. The zero-order valence-electron chi connectivity index (χ0n) is 8.61. The maximum atomic E-state index is 10.3. The monoisotopic (exact) mass is 276 g/mol. The molecule has 0 spiro atoms. The van der Waals surface area contributed by atoms with Gasteiger partial charge >= 0.3 is 0 Å². The standard InChI is InChI=1S/C7H16O7S2/c8-7(6-16(12,13)14)4-2-1-3-5-15(9,10)11/h7-8H,1-6H2,(H,9,10,11)(H,12,13,14). The van der Waals surface area contributed by atoms with Gasteiger partial charge in [0.05, 0.1) is 11.9 Å². The number of rotatable bonds is 8. The highest BCUT2D eigenvalue weighted by Gasteiger charge is 2.13. The van der Waals surface area contributed by atoms with Crippen molar-refractivity contribution in [1.29, 1.82) is 0 Å². The van der Waals surface area contributed by atoms with Crippen LogP contribution in [0.15, 0.2) is 0 Å². The first kappa shape index (κ1) is 15.8. The molecule has 0 rings (SSSR count). The Balaban J connectivity index is 3.60. The van der Waals surface area contributed by atoms with Gasteiger partial charge in [-0.1, -0.05) is 12.8 Å². The highest BCUT2D eigenvalue weighted by Crippen LogP contribution is 2.06. The molecule has 0 aromatic rings. The molecule has 16 heavy (non-hydrogen) atoms. The van der Waals surface area contributed by atoms with E-state index in [0.717, 1.165) is 0 Å². The third-order valence-electron chi connectivity index (χ3n) is 1.84. The Morgan fingerprint density at radius 2 is 1.44 bits per heavy atom. The van der Waals surface area contributed by atoms with Gasteiger partial charge in [0.15, 0.2) is 0 Å². The molecule has 0 radical (unpaired) electrons. The van der Waals surface area contributed by atoms with Crippen LogP contribution >= 0.6 is 0 Å². The predicted octanol–water partition coefficient (Wildman–Crippen LogP) is -0.317. The van der Waals surface area contributed by atoms with Crippen molar-refractivity contribution in [2.24, 2.45) is 0 Å². The molecule has 0 aliphatic carbocycles. The summed E-state index contributed by atoms with van der Waals surface area (Å²) in [4.78, 5) is 0. The molecule has 1 unspecified atom stereocenters. The van der Waals surface area contributed by atoms with E-state index in [2.05, 4.69) is 0 Å². The zero-order chi connectivity index (χ0) is 12.8. The van der Waals surface area contributed by atoms with Gasteiger partial charge in [-0.15, -0.1) is 0 Å². The first-order chi connectivity index (χ1) is 7.10. The van der Waals surface area contributed by atoms with Gasteiger partial charge in [-0.05, 0) is 12.8 Å². The van der Waals surface area contributed by atoms with E-state index in [4.69, 9.17) is 14.2 Å². The van der Waals surface area contributed by atoms with E-state index in [-0.39, 0.29) is 18.6 Å². The normalized spacial score (nSPS) is 14.9.